The number of Topliss-reactive ketones (excluding diaryl/α,β-unsaturated/α-hetero) is 3. The van der Waals surface area contributed by atoms with Gasteiger partial charge in [0.2, 0.25) is 11.8 Å². The van der Waals surface area contributed by atoms with Gasteiger partial charge in [0.15, 0.2) is 11.6 Å². The third-order valence-corrected chi connectivity index (χ3v) is 22.6. The Kier molecular flexibility index (Phi) is 19.2. The third-order valence-electron chi connectivity index (χ3n) is 22.6. The van der Waals surface area contributed by atoms with E-state index < -0.39 is 124 Å². The van der Waals surface area contributed by atoms with Crippen LogP contribution < -0.4 is 21.5 Å². The number of nitrogens with one attached hydrogen (secondary N) is 4. The molecule has 0 aromatic carbocycles. The molecule has 8 N–H and O–H groups in total. The Balaban J connectivity index is 0.846. The number of nitrogens with zero attached hydrogens (tertiary/aromatic N) is 2. The van der Waals surface area contributed by atoms with E-state index >= 15 is 4.39 Å². The first-order valence-corrected chi connectivity index (χ1v) is 30.9. The number of hydrogen-bond acceptors (Lipinski definition) is 15. The van der Waals surface area contributed by atoms with Crippen LogP contribution in [0.2, 0.25) is 0 Å². The lowest BCUT2D eigenvalue weighted by atomic mass is 9.45. The maximum atomic E-state index is 17.8. The quantitative estimate of drug-likeness (QED) is 0.0544. The van der Waals surface area contributed by atoms with Gasteiger partial charge in [-0.3, -0.25) is 33.6 Å². The minimum atomic E-state index is -1.74. The number of aliphatic hydroxyl groups excluding tert-OH is 3. The minimum absolute atomic E-state index is 0.0369. The lowest BCUT2D eigenvalue weighted by molar-refractivity contribution is -0.182. The third kappa shape index (κ3) is 12.4. The predicted molar refractivity (Wildman–Crippen MR) is 317 cm³/mol. The number of hydrogen-bond donors (Lipinski definition) is 8. The molecule has 0 aromatic rings. The second-order valence-corrected chi connectivity index (χ2v) is 28.5. The molecule has 19 nitrogen and oxygen atoms in total. The van der Waals surface area contributed by atoms with Crippen molar-refractivity contribution in [1.82, 2.24) is 21.5 Å². The van der Waals surface area contributed by atoms with Crippen LogP contribution in [0.15, 0.2) is 57.8 Å². The summed E-state index contributed by atoms with van der Waals surface area (Å²) in [7, 11) is 1.61. The highest BCUT2D eigenvalue weighted by atomic mass is 19.1. The fraction of sp³-hybridized carbons (Fsp3) is 0.738. The molecular formula is C65H95FN6O13. The summed E-state index contributed by atoms with van der Waals surface area (Å²) in [5.74, 6) is -5.58. The number of aliphatic hydroxyl groups is 4. The molecule has 8 aliphatic rings. The van der Waals surface area contributed by atoms with Crippen molar-refractivity contribution in [1.29, 1.82) is 0 Å². The van der Waals surface area contributed by atoms with Crippen molar-refractivity contribution in [2.24, 2.45) is 85.1 Å². The highest BCUT2D eigenvalue weighted by Gasteiger charge is 2.73. The highest BCUT2D eigenvalue weighted by Crippen LogP contribution is 2.71. The molecule has 6 fully saturated rings. The summed E-state index contributed by atoms with van der Waals surface area (Å²) < 4.78 is 29.3. The summed E-state index contributed by atoms with van der Waals surface area (Å²) in [6.45, 7) is 17.4. The first-order valence-electron chi connectivity index (χ1n) is 30.9. The van der Waals surface area contributed by atoms with E-state index in [0.29, 0.717) is 50.1 Å². The zero-order valence-electron chi connectivity index (χ0n) is 51.9. The number of hydrazone groups is 2. The van der Waals surface area contributed by atoms with Gasteiger partial charge in [0, 0.05) is 60.4 Å². The molecule has 20 heteroatoms. The Morgan fingerprint density at radius 3 is 2.08 bits per heavy atom. The van der Waals surface area contributed by atoms with Gasteiger partial charge in [0.25, 0.3) is 11.8 Å². The largest absolute Gasteiger partial charge is 0.393 e. The lowest BCUT2D eigenvalue weighted by Crippen LogP contribution is -2.64. The number of halogens is 1. The number of ether oxygens (including phenoxy) is 2. The summed E-state index contributed by atoms with van der Waals surface area (Å²) in [4.78, 5) is 93.1. The van der Waals surface area contributed by atoms with Gasteiger partial charge in [0.05, 0.1) is 48.4 Å². The van der Waals surface area contributed by atoms with Crippen LogP contribution in [-0.4, -0.2) is 141 Å². The topological polar surface area (TPSA) is 292 Å². The zero-order valence-corrected chi connectivity index (χ0v) is 51.9. The van der Waals surface area contributed by atoms with Gasteiger partial charge in [0.1, 0.15) is 30.3 Å². The predicted octanol–water partition coefficient (Wildman–Crippen LogP) is 6.02. The van der Waals surface area contributed by atoms with Crippen LogP contribution in [0.1, 0.15) is 159 Å². The number of rotatable bonds is 23. The molecule has 3 unspecified atom stereocenters. The molecule has 8 aliphatic carbocycles. The van der Waals surface area contributed by atoms with Gasteiger partial charge < -0.3 is 40.5 Å². The number of allylic oxidation sites excluding steroid dienone is 8. The van der Waals surface area contributed by atoms with E-state index in [1.54, 1.807) is 46.1 Å². The number of fused-ring (bicyclic) bond motifs is 10. The molecular weight excluding hydrogens is 1090 g/mol. The lowest BCUT2D eigenvalue weighted by Gasteiger charge is -2.61. The van der Waals surface area contributed by atoms with Gasteiger partial charge in [-0.05, 0) is 170 Å². The number of ketones is 3. The molecule has 0 heterocycles. The van der Waals surface area contributed by atoms with Gasteiger partial charge in [-0.2, -0.15) is 10.2 Å². The number of methoxy groups -OCH3 is 1. The van der Waals surface area contributed by atoms with Crippen LogP contribution in [0.4, 0.5) is 4.39 Å². The van der Waals surface area contributed by atoms with Crippen LogP contribution >= 0.6 is 0 Å². The van der Waals surface area contributed by atoms with Gasteiger partial charge in [-0.25, -0.2) is 15.2 Å². The second kappa shape index (κ2) is 24.8. The molecule has 470 valence electrons. The monoisotopic (exact) mass is 1190 g/mol. The number of amides is 4. The molecule has 0 aliphatic heterocycles. The average Bonchev–Trinajstić information content (AvgIpc) is 1.68. The van der Waals surface area contributed by atoms with Gasteiger partial charge in [-0.15, -0.1) is 0 Å². The van der Waals surface area contributed by atoms with Crippen molar-refractivity contribution in [3.8, 4) is 0 Å². The molecule has 8 rings (SSSR count). The summed E-state index contributed by atoms with van der Waals surface area (Å²) in [6, 6.07) is 0. The normalized spacial score (nSPS) is 37.6. The number of carbonyl (C=O) groups excluding carboxylic acids is 7. The van der Waals surface area contributed by atoms with Crippen molar-refractivity contribution < 1.29 is 67.9 Å². The maximum absolute atomic E-state index is 17.8. The van der Waals surface area contributed by atoms with Crippen LogP contribution in [-0.2, 0) is 43.0 Å². The van der Waals surface area contributed by atoms with E-state index in [2.05, 4.69) is 52.5 Å². The highest BCUT2D eigenvalue weighted by molar-refractivity contribution is 6.07. The van der Waals surface area contributed by atoms with Crippen molar-refractivity contribution in [2.45, 2.75) is 188 Å². The van der Waals surface area contributed by atoms with Crippen molar-refractivity contribution in [2.75, 3.05) is 40.0 Å². The van der Waals surface area contributed by atoms with Crippen molar-refractivity contribution in [3.63, 3.8) is 0 Å². The molecule has 0 aromatic heterocycles. The molecule has 0 radical (unpaired) electrons. The Hall–Kier alpha value is -5.12. The smallest absolute Gasteiger partial charge is 0.259 e. The van der Waals surface area contributed by atoms with Crippen LogP contribution in [0.3, 0.4) is 0 Å². The Bertz CT molecular complexity index is 2840. The van der Waals surface area contributed by atoms with E-state index in [4.69, 9.17) is 9.47 Å². The summed E-state index contributed by atoms with van der Waals surface area (Å²) in [6.07, 6.45) is 15.1. The van der Waals surface area contributed by atoms with E-state index in [0.717, 1.165) is 30.4 Å². The van der Waals surface area contributed by atoms with E-state index in [9.17, 15) is 54.0 Å². The van der Waals surface area contributed by atoms with Gasteiger partial charge in [-0.1, -0.05) is 57.9 Å². The first-order chi connectivity index (χ1) is 39.8. The molecule has 6 saturated carbocycles. The number of carbonyl (C=O) groups is 7. The molecule has 0 spiro atoms. The van der Waals surface area contributed by atoms with Crippen LogP contribution in [0, 0.1) is 74.9 Å². The second-order valence-electron chi connectivity index (χ2n) is 28.5. The maximum Gasteiger partial charge on any atom is 0.259 e. The molecule has 0 bridgehead atoms. The van der Waals surface area contributed by atoms with E-state index in [1.165, 1.54) is 0 Å². The Labute approximate surface area is 500 Å². The van der Waals surface area contributed by atoms with Crippen LogP contribution in [0.5, 0.6) is 0 Å². The first kappa shape index (κ1) is 65.8. The standard InChI is InChI=1S/C65H95FN6O13/c1-37-26-47-45-15-13-40-29-42(18-20-60(40,7)56(45)49(76)32-61(47,8)55(37)50(77)35-73)69-72-54(81)34-68-57(82)39(28-44(75)31-59(5,6)85-25-24-58(3,4)84-11)12-17-52(79)67-33-53(80)71-70-43-19-21-62(9)41(30-43)14-16-46-48-27-38(2)65(83,51(78)36-74)63(48,10)22-23-64(46,62)66/h18-21,29-30,37-39,45-49,55-56,73-74,76,83H,12-17,22-28,31-36H2,1-11H3,(H,67,79)(H,68,82)(H,71,80)(H,72,81)/b69-42+,70-43+/t37-,38-,39-,45+,46?,47?,48+,49+,55-,56?,60+,61+,62+,63+,64-,65+/m1/s1. The van der Waals surface area contributed by atoms with Gasteiger partial charge >= 0.3 is 0 Å². The SMILES string of the molecule is COC(C)(C)CCOC(C)(C)CC(=O)C[C@@H](CCC(=O)NCC(=O)N/N=C1\C=C[C@@]2(C)C(=C1)CCC1[C@@H]3C[C@@H](C)[C@](O)(C(=O)CO)[C@@]3(C)CC[C@@]12F)C(=O)NCC(=O)N/N=C1\C=C[C@@]2(C)C(=C1)CC[C@@H]1C2[C@@H](O)C[C@@]2(C)C1C[C@@H](C)[C@@H]2C(=O)CO. The minimum Gasteiger partial charge on any atom is -0.393 e. The molecule has 85 heavy (non-hydrogen) atoms. The summed E-state index contributed by atoms with van der Waals surface area (Å²) >= 11 is 0. The molecule has 16 atom stereocenters. The van der Waals surface area contributed by atoms with Crippen molar-refractivity contribution >= 4 is 52.4 Å². The van der Waals surface area contributed by atoms with E-state index in [1.807, 2.05) is 45.9 Å². The molecule has 0 saturated heterocycles. The Morgan fingerprint density at radius 2 is 1.44 bits per heavy atom. The fourth-order valence-electron chi connectivity index (χ4n) is 17.9. The summed E-state index contributed by atoms with van der Waals surface area (Å²) in [5, 5.41) is 57.0. The van der Waals surface area contributed by atoms with Crippen molar-refractivity contribution in [3.05, 3.63) is 47.6 Å². The fourth-order valence-corrected chi connectivity index (χ4v) is 17.9. The zero-order chi connectivity index (χ0) is 62.5. The number of alkyl halides is 1. The van der Waals surface area contributed by atoms with E-state index in [-0.39, 0.29) is 85.6 Å². The Morgan fingerprint density at radius 1 is 0.800 bits per heavy atom. The average molecular weight is 1190 g/mol. The summed E-state index contributed by atoms with van der Waals surface area (Å²) in [5.41, 5.74) is 0.252. The van der Waals surface area contributed by atoms with Crippen LogP contribution in [0.25, 0.3) is 0 Å². The molecule has 4 amide bonds.